The van der Waals surface area contributed by atoms with Gasteiger partial charge in [0.1, 0.15) is 146 Å². The first kappa shape index (κ1) is 116. The van der Waals surface area contributed by atoms with Crippen LogP contribution in [-0.2, 0) is 87.8 Å². The Balaban J connectivity index is 0.000000255. The summed E-state index contributed by atoms with van der Waals surface area (Å²) in [6.45, 7) is 38.3. The number of ether oxygens (including phenoxy) is 6. The van der Waals surface area contributed by atoms with E-state index in [9.17, 15) is 121 Å². The smallest absolute Gasteiger partial charge is 0.394 e. The number of carbonyl (C=O) groups is 6. The van der Waals surface area contributed by atoms with Gasteiger partial charge < -0.3 is 212 Å². The maximum atomic E-state index is 12.2. The van der Waals surface area contributed by atoms with Crippen molar-refractivity contribution < 1.29 is 200 Å². The Kier molecular flexibility index (Phi) is 47.9. The molecule has 12 rings (SSSR count). The fourth-order valence-corrected chi connectivity index (χ4v) is 14.3. The van der Waals surface area contributed by atoms with Crippen LogP contribution in [0.5, 0.6) is 0 Å². The maximum absolute atomic E-state index is 12.2. The number of amides is 6. The number of carbonyl (C=O) groups excluding carboxylic acids is 6. The quantitative estimate of drug-likeness (QED) is 0.0250. The summed E-state index contributed by atoms with van der Waals surface area (Å²) in [5, 5.41) is 246. The van der Waals surface area contributed by atoms with Crippen LogP contribution in [0.25, 0.3) is 29.1 Å². The van der Waals surface area contributed by atoms with Gasteiger partial charge in [-0.05, 0) is 72.8 Å². The number of benzene rings is 6. The summed E-state index contributed by atoms with van der Waals surface area (Å²) in [7, 11) is 0. The molecular formula is C90H108N12O36Tc+7. The molecule has 0 radical (unpaired) electrons. The summed E-state index contributed by atoms with van der Waals surface area (Å²) in [6.07, 6.45) is -33.8. The third-order valence-electron chi connectivity index (χ3n) is 21.9. The fourth-order valence-electron chi connectivity index (χ4n) is 14.3. The van der Waals surface area contributed by atoms with E-state index in [-0.39, 0.29) is 92.8 Å². The molecule has 6 heterocycles. The molecule has 6 aromatic carbocycles. The van der Waals surface area contributed by atoms with Crippen LogP contribution >= 0.6 is 0 Å². The number of aliphatic hydroxyl groups excluding tert-OH is 24. The fraction of sp³-hybridized carbons (Fsp3) is 0.467. The van der Waals surface area contributed by atoms with Crippen molar-refractivity contribution in [3.63, 3.8) is 0 Å². The molecule has 30 N–H and O–H groups in total. The zero-order valence-corrected chi connectivity index (χ0v) is 75.2. The zero-order valence-electron chi connectivity index (χ0n) is 73.4. The second-order valence-corrected chi connectivity index (χ2v) is 31.5. The SMILES string of the molecule is [C-]#[N+]Cc1cccc(C(=O)NC2C(O)OC(CO)C(O)C2O)c1.[C-]#[N+]Cc1cccc(C(=O)NC2C(O)OC(CO)C(O)C2O)c1.[C-]#[N+]Cc1cccc(C(=O)NC2C(O)OC(CO)C(O)C2O)c1.[C-]#[N+]Cc1cccc(C(=O)NC2C(O)OC(CO)C(O)C2O)c1.[C-]#[N+]Cc1cccc(C(=O)NC2C(O)OC(CO)C(O)C2O)c1.[C-]#[N+]Cc1cccc(C(=O)NC2C(O)OC(CO)C(O)C2O)c1.[Tc+7]. The van der Waals surface area contributed by atoms with Crippen molar-refractivity contribution in [1.29, 1.82) is 0 Å². The number of hydrogen-bond donors (Lipinski definition) is 30. The summed E-state index contributed by atoms with van der Waals surface area (Å²) in [5.74, 6) is -3.51. The molecule has 48 nitrogen and oxygen atoms in total. The standard InChI is InChI=1S/6C15H18N2O6.Tc/c6*1-16-6-8-3-2-4-9(5-8)14(21)17-11-13(20)12(19)10(7-18)23-15(11)22;/h6*2-5,10-13,15,18-20,22H,6-7H2,(H,17,21);/q;;;;;;+7. The predicted molar refractivity (Wildman–Crippen MR) is 468 cm³/mol. The van der Waals surface area contributed by atoms with Gasteiger partial charge >= 0.3 is 20.1 Å². The molecule has 744 valence electrons. The summed E-state index contributed by atoms with van der Waals surface area (Å²) in [5.41, 5.74) is 5.49. The Morgan fingerprint density at radius 1 is 0.223 bits per heavy atom. The molecule has 6 aliphatic rings. The molecule has 6 saturated heterocycles. The molecule has 30 atom stereocenters. The van der Waals surface area contributed by atoms with E-state index in [1.54, 1.807) is 72.8 Å². The van der Waals surface area contributed by atoms with Crippen molar-refractivity contribution in [2.24, 2.45) is 0 Å². The van der Waals surface area contributed by atoms with Crippen molar-refractivity contribution >= 4 is 35.4 Å². The first-order valence-corrected chi connectivity index (χ1v) is 42.1. The second kappa shape index (κ2) is 57.3. The van der Waals surface area contributed by atoms with Gasteiger partial charge in [-0.15, -0.1) is 0 Å². The molecule has 0 aromatic heterocycles. The minimum atomic E-state index is -1.57. The molecule has 0 aliphatic carbocycles. The molecule has 30 unspecified atom stereocenters. The van der Waals surface area contributed by atoms with Crippen molar-refractivity contribution in [3.8, 4) is 0 Å². The zero-order chi connectivity index (χ0) is 102. The molecule has 6 fully saturated rings. The molecule has 49 heteroatoms. The Morgan fingerprint density at radius 3 is 0.453 bits per heavy atom. The Labute approximate surface area is 807 Å². The summed E-state index contributed by atoms with van der Waals surface area (Å²) in [6, 6.07) is 30.8. The van der Waals surface area contributed by atoms with E-state index >= 15 is 0 Å². The van der Waals surface area contributed by atoms with Crippen LogP contribution in [-0.4, -0.2) is 382 Å². The third-order valence-corrected chi connectivity index (χ3v) is 21.9. The van der Waals surface area contributed by atoms with Gasteiger partial charge in [-0.1, -0.05) is 72.8 Å². The van der Waals surface area contributed by atoms with Crippen molar-refractivity contribution in [2.45, 2.75) is 223 Å². The van der Waals surface area contributed by atoms with Crippen LogP contribution in [0.4, 0.5) is 0 Å². The van der Waals surface area contributed by atoms with Gasteiger partial charge in [0.2, 0.25) is 39.3 Å². The van der Waals surface area contributed by atoms with E-state index in [4.69, 9.17) is 98.5 Å². The van der Waals surface area contributed by atoms with Crippen LogP contribution in [0.1, 0.15) is 95.5 Å². The van der Waals surface area contributed by atoms with Crippen LogP contribution in [0, 0.1) is 39.4 Å². The van der Waals surface area contributed by atoms with Gasteiger partial charge in [-0.2, -0.15) is 0 Å². The average Bonchev–Trinajstić information content (AvgIpc) is 0.826. The van der Waals surface area contributed by atoms with Crippen LogP contribution < -0.4 is 31.9 Å². The van der Waals surface area contributed by atoms with Gasteiger partial charge in [0.25, 0.3) is 35.4 Å². The van der Waals surface area contributed by atoms with Gasteiger partial charge in [-0.3, -0.25) is 28.8 Å². The Bertz CT molecular complexity index is 4440. The molecule has 6 aromatic rings. The van der Waals surface area contributed by atoms with E-state index in [2.05, 4.69) is 61.0 Å². The van der Waals surface area contributed by atoms with E-state index < -0.39 is 259 Å². The van der Waals surface area contributed by atoms with E-state index in [0.717, 1.165) is 0 Å². The van der Waals surface area contributed by atoms with Crippen molar-refractivity contribution in [1.82, 2.24) is 31.9 Å². The van der Waals surface area contributed by atoms with Crippen molar-refractivity contribution in [3.05, 3.63) is 281 Å². The number of nitrogens with zero attached hydrogens (tertiary/aromatic N) is 6. The van der Waals surface area contributed by atoms with E-state index in [1.807, 2.05) is 0 Å². The summed E-state index contributed by atoms with van der Waals surface area (Å²) in [4.78, 5) is 92.7. The molecule has 0 saturated carbocycles. The summed E-state index contributed by atoms with van der Waals surface area (Å²) < 4.78 is 29.8. The normalized spacial score (nSPS) is 30.3. The van der Waals surface area contributed by atoms with Gasteiger partial charge in [0.15, 0.2) is 37.7 Å². The minimum absolute atomic E-state index is 0. The number of aliphatic hydroxyl groups is 24. The number of rotatable bonds is 24. The molecule has 139 heavy (non-hydrogen) atoms. The Morgan fingerprint density at radius 2 is 0.345 bits per heavy atom. The monoisotopic (exact) mass is 2030 g/mol. The average molecular weight is 2030 g/mol. The van der Waals surface area contributed by atoms with Crippen LogP contribution in [0.15, 0.2) is 146 Å². The topological polar surface area (TPSA) is 742 Å². The molecule has 0 bridgehead atoms. The molecule has 6 amide bonds. The van der Waals surface area contributed by atoms with Gasteiger partial charge in [-0.25, -0.2) is 39.4 Å². The first-order chi connectivity index (χ1) is 65.8. The second-order valence-electron chi connectivity index (χ2n) is 31.5. The number of nitrogens with one attached hydrogen (secondary N) is 6. The predicted octanol–water partition coefficient (Wildman–Crippen LogP) is -8.19. The molecular weight excluding hydrogens is 1920 g/mol. The molecule has 0 spiro atoms. The largest absolute Gasteiger partial charge is 7.00 e. The van der Waals surface area contributed by atoms with Crippen LogP contribution in [0.3, 0.4) is 0 Å². The van der Waals surface area contributed by atoms with E-state index in [0.29, 0.717) is 33.4 Å². The first-order valence-electron chi connectivity index (χ1n) is 42.1. The van der Waals surface area contributed by atoms with Crippen molar-refractivity contribution in [2.75, 3.05) is 39.6 Å². The van der Waals surface area contributed by atoms with Gasteiger partial charge in [0.05, 0.1) is 39.6 Å². The van der Waals surface area contributed by atoms with E-state index in [1.165, 1.54) is 72.8 Å². The minimum Gasteiger partial charge on any atom is -0.394 e. The third kappa shape index (κ3) is 32.3. The summed E-state index contributed by atoms with van der Waals surface area (Å²) >= 11 is 0. The number of hydrogen-bond acceptors (Lipinski definition) is 36. The molecule has 6 aliphatic heterocycles. The van der Waals surface area contributed by atoms with Gasteiger partial charge in [0, 0.05) is 66.8 Å². The Hall–Kier alpha value is -11.5. The van der Waals surface area contributed by atoms with Crippen LogP contribution in [0.2, 0.25) is 0 Å². The maximum Gasteiger partial charge on any atom is 7.00 e.